The Labute approximate surface area is 727 Å². The Morgan fingerprint density at radius 3 is 1.10 bits per heavy atom. The van der Waals surface area contributed by atoms with Crippen LogP contribution in [0.15, 0.2) is 90.9 Å². The number of halogens is 2. The van der Waals surface area contributed by atoms with Gasteiger partial charge in [-0.1, -0.05) is 103 Å². The van der Waals surface area contributed by atoms with Gasteiger partial charge in [0.2, 0.25) is 6.41 Å². The van der Waals surface area contributed by atoms with Crippen molar-refractivity contribution in [3.05, 3.63) is 75.9 Å². The molecule has 0 spiro atoms. The Morgan fingerprint density at radius 2 is 0.810 bits per heavy atom. The van der Waals surface area contributed by atoms with Gasteiger partial charge in [-0.3, -0.25) is 23.2 Å². The fraction of sp³-hybridized carbons (Fsp3) is 0.654. The summed E-state index contributed by atoms with van der Waals surface area (Å²) < 4.78 is 59.4. The molecule has 7 N–H and O–H groups in total. The number of ether oxygens (including phenoxy) is 7. The third kappa shape index (κ3) is 28.6. The van der Waals surface area contributed by atoms with Crippen LogP contribution in [0.1, 0.15) is 113 Å². The number of nitrogens with two attached hydrogens (primary N) is 1. The van der Waals surface area contributed by atoms with Gasteiger partial charge in [0.05, 0.1) is 102 Å². The van der Waals surface area contributed by atoms with Crippen molar-refractivity contribution in [1.29, 1.82) is 0 Å². The first kappa shape index (κ1) is 103. The molecule has 121 heavy (non-hydrogen) atoms. The molecular formula is C78H132BrClN24O14Si3. The van der Waals surface area contributed by atoms with Crippen LogP contribution in [0.5, 0.6) is 0 Å². The SMILES string of the molecule is C=CCBr.C=CCOC1C[C@H](n2cnc3c(N=CN(C)C)ncnc32)O[C@@H]1CO[Si](C)(C)C(C)(C)C.CC(C)(C)[Si](C)(C)Cl.CN(C)C=Nc1ncnc2c1ncn2[C@H]1CC(O)[C@@H](CO)O1.CN(C)C=Nc1ncnc2c1ncn2[C@H]1CC(O)[C@@H](CO[Si](C)(C)C(C)(C)C)O1.COC(OC)N(C)C.Nc1ncnc2c1ncn2[C@H]1CC(O)[C@@H](CO)O1. The summed E-state index contributed by atoms with van der Waals surface area (Å²) in [5.41, 5.74) is 10.4. The van der Waals surface area contributed by atoms with Crippen LogP contribution in [0.2, 0.25) is 54.4 Å². The normalized spacial score (nSPS) is 22.1. The summed E-state index contributed by atoms with van der Waals surface area (Å²) in [6, 6.07) is 0. The van der Waals surface area contributed by atoms with Gasteiger partial charge >= 0.3 is 0 Å². The number of aliphatic imine (C=N–C) groups is 3. The Bertz CT molecular complexity index is 4570. The van der Waals surface area contributed by atoms with Gasteiger partial charge in [0.1, 0.15) is 80.2 Å². The highest BCUT2D eigenvalue weighted by atomic mass is 79.9. The van der Waals surface area contributed by atoms with Crippen LogP contribution >= 0.6 is 27.0 Å². The van der Waals surface area contributed by atoms with Gasteiger partial charge in [-0.05, 0) is 55.4 Å². The van der Waals surface area contributed by atoms with Crippen LogP contribution in [0, 0.1) is 0 Å². The number of fused-ring (bicyclic) bond motifs is 4. The highest BCUT2D eigenvalue weighted by Gasteiger charge is 2.45. The molecule has 8 aromatic heterocycles. The molecule has 4 fully saturated rings. The average Bonchev–Trinajstić information content (AvgIpc) is 1.64. The molecule has 4 saturated heterocycles. The van der Waals surface area contributed by atoms with Crippen molar-refractivity contribution in [2.24, 2.45) is 15.0 Å². The Kier molecular flexibility index (Phi) is 39.0. The molecule has 0 aromatic carbocycles. The second kappa shape index (κ2) is 46.1. The summed E-state index contributed by atoms with van der Waals surface area (Å²) >= 11 is 9.28. The zero-order chi connectivity index (χ0) is 90.3. The highest BCUT2D eigenvalue weighted by Crippen LogP contribution is 2.43. The molecule has 0 radical (unpaired) electrons. The molecule has 0 amide bonds. The number of nitrogens with zero attached hydrogens (tertiary/aromatic N) is 23. The number of rotatable bonds is 25. The fourth-order valence-electron chi connectivity index (χ4n) is 11.1. The predicted molar refractivity (Wildman–Crippen MR) is 482 cm³/mol. The molecule has 4 aliphatic heterocycles. The van der Waals surface area contributed by atoms with Gasteiger partial charge in [0.25, 0.3) is 0 Å². The van der Waals surface area contributed by atoms with E-state index in [9.17, 15) is 20.4 Å². The van der Waals surface area contributed by atoms with Crippen molar-refractivity contribution >= 4 is 138 Å². The van der Waals surface area contributed by atoms with Gasteiger partial charge in [-0.15, -0.1) is 13.2 Å². The number of aliphatic hydroxyl groups excluding tert-OH is 5. The maximum atomic E-state index is 10.5. The first-order valence-corrected chi connectivity index (χ1v) is 50.7. The Balaban J connectivity index is 0.000000235. The number of allylic oxidation sites excluding steroid dienone is 1. The standard InChI is InChI=1S/C22H36N6O3Si.C19H32N6O3Si.C13H18N6O3.C10H13N5O3.C6H15ClSi.C5H13NO2.C3H5Br/c1-9-10-29-16-11-18(31-17(16)12-30-32(7,8)22(2,3)4)28-15-25-19-20(26-14-27(5)6)23-13-24-21(19)28;1-19(2,3)29(6,7)27-9-14-13(26)8-15(28-14)25-12-22-16-17(23-11-24(4)5)20-10-21-18(16)25;1-18(2)6-17-12-11-13(15-5-14-12)19(7-16-11)10-3-8(21)9(4-20)22-10;11-9-8-10(13-3-12-9)15(4-14-8)7-1-5(17)6(2-16)18-7;1-6(2,3)8(4,5)7;1-6(2)5(7-3)8-4;1-2-3-4/h9,13-18H,1,10-12H2,2-8H3;10-15,26H,8-9H2,1-7H3;5-10,20-21H,3-4H2,1-2H3;3-7,16-17H,1-2H2,(H2,11,12,13);1-5H3;5H,1-4H3;2H,1,3H2/t16?,17-,18-;13?,14-,15-;8?,9-,10-;5?,6-,7-;;;/m1111.../s1. The van der Waals surface area contributed by atoms with Gasteiger partial charge in [-0.25, -0.2) is 74.8 Å². The van der Waals surface area contributed by atoms with Crippen LogP contribution in [0.4, 0.5) is 23.3 Å². The molecule has 0 bridgehead atoms. The molecule has 4 aliphatic rings. The third-order valence-electron chi connectivity index (χ3n) is 21.0. The topological polar surface area (TPSA) is 435 Å². The monoisotopic (exact) mass is 1830 g/mol. The molecule has 12 heterocycles. The van der Waals surface area contributed by atoms with Crippen LogP contribution < -0.4 is 5.73 Å². The molecule has 43 heteroatoms. The zero-order valence-electron chi connectivity index (χ0n) is 75.0. The summed E-state index contributed by atoms with van der Waals surface area (Å²) in [6.07, 6.45) is 17.2. The van der Waals surface area contributed by atoms with Crippen molar-refractivity contribution in [2.45, 2.75) is 223 Å². The maximum absolute atomic E-state index is 10.5. The lowest BCUT2D eigenvalue weighted by molar-refractivity contribution is -0.179. The van der Waals surface area contributed by atoms with Crippen molar-refractivity contribution < 1.29 is 67.5 Å². The smallest absolute Gasteiger partial charge is 0.217 e. The number of imidazole rings is 4. The lowest BCUT2D eigenvalue weighted by Gasteiger charge is -2.37. The average molecular weight is 1830 g/mol. The van der Waals surface area contributed by atoms with Gasteiger partial charge < -0.3 is 88.0 Å². The van der Waals surface area contributed by atoms with E-state index in [1.807, 2.05) is 80.2 Å². The first-order valence-electron chi connectivity index (χ1n) is 39.7. The number of hydrogen-bond acceptors (Lipinski definition) is 31. The molecule has 12 atom stereocenters. The van der Waals surface area contributed by atoms with Crippen LogP contribution in [0.25, 0.3) is 44.7 Å². The molecule has 12 rings (SSSR count). The van der Waals surface area contributed by atoms with Crippen molar-refractivity contribution in [1.82, 2.24) is 97.7 Å². The number of anilines is 1. The lowest BCUT2D eigenvalue weighted by Crippen LogP contribution is -2.44. The molecule has 8 aromatic rings. The van der Waals surface area contributed by atoms with E-state index in [-0.39, 0.29) is 60.5 Å². The molecule has 0 aliphatic carbocycles. The van der Waals surface area contributed by atoms with E-state index in [4.69, 9.17) is 63.9 Å². The summed E-state index contributed by atoms with van der Waals surface area (Å²) in [7, 11) is 13.1. The minimum atomic E-state index is -1.91. The lowest BCUT2D eigenvalue weighted by atomic mass is 10.2. The summed E-state index contributed by atoms with van der Waals surface area (Å²) in [4.78, 5) is 71.3. The van der Waals surface area contributed by atoms with E-state index in [2.05, 4.69) is 205 Å². The molecule has 4 unspecified atom stereocenters. The quantitative estimate of drug-likeness (QED) is 0.00589. The van der Waals surface area contributed by atoms with E-state index in [1.54, 1.807) is 84.7 Å². The number of nitrogen functional groups attached to an aromatic ring is 1. The van der Waals surface area contributed by atoms with Gasteiger partial charge in [0.15, 0.2) is 86.4 Å². The maximum Gasteiger partial charge on any atom is 0.217 e. The van der Waals surface area contributed by atoms with Gasteiger partial charge in [-0.2, -0.15) is 11.1 Å². The number of aromatic nitrogens is 16. The molecular weight excluding hydrogens is 1700 g/mol. The molecule has 0 saturated carbocycles. The Hall–Kier alpha value is -7.29. The molecule has 38 nitrogen and oxygen atoms in total. The van der Waals surface area contributed by atoms with Crippen molar-refractivity contribution in [2.75, 3.05) is 115 Å². The van der Waals surface area contributed by atoms with E-state index >= 15 is 0 Å². The zero-order valence-corrected chi connectivity index (χ0v) is 80.4. The van der Waals surface area contributed by atoms with Crippen LogP contribution in [-0.2, 0) is 42.0 Å². The summed E-state index contributed by atoms with van der Waals surface area (Å²) in [6.45, 7) is 41.2. The number of aliphatic hydroxyl groups is 5. The second-order valence-electron chi connectivity index (χ2n) is 34.5. The van der Waals surface area contributed by atoms with Crippen molar-refractivity contribution in [3.8, 4) is 0 Å². The summed E-state index contributed by atoms with van der Waals surface area (Å²) in [5, 5.41) is 49.8. The summed E-state index contributed by atoms with van der Waals surface area (Å²) in [5.74, 6) is 1.79. The fourth-order valence-corrected chi connectivity index (χ4v) is 13.1. The van der Waals surface area contributed by atoms with E-state index in [1.165, 1.54) is 25.3 Å². The largest absolute Gasteiger partial charge is 0.414 e. The first-order chi connectivity index (χ1) is 56.7. The highest BCUT2D eigenvalue weighted by molar-refractivity contribution is 9.09. The Morgan fingerprint density at radius 1 is 0.504 bits per heavy atom. The minimum absolute atomic E-state index is 0.103. The number of methoxy groups -OCH3 is 2. The number of alkyl halides is 1. The van der Waals surface area contributed by atoms with Crippen molar-refractivity contribution in [3.63, 3.8) is 0 Å². The van der Waals surface area contributed by atoms with Gasteiger partial charge in [0, 0.05) is 87.5 Å². The molecule has 674 valence electrons. The van der Waals surface area contributed by atoms with E-state index in [0.717, 1.165) is 5.33 Å². The van der Waals surface area contributed by atoms with E-state index < -0.39 is 67.0 Å². The second-order valence-corrected chi connectivity index (χ2v) is 52.1. The third-order valence-corrected chi connectivity index (χ3v) is 35.7. The van der Waals surface area contributed by atoms with E-state index in [0.29, 0.717) is 118 Å². The minimum Gasteiger partial charge on any atom is -0.414 e. The predicted octanol–water partition coefficient (Wildman–Crippen LogP) is 10.3. The van der Waals surface area contributed by atoms with Crippen LogP contribution in [0.3, 0.4) is 0 Å². The van der Waals surface area contributed by atoms with Crippen LogP contribution in [-0.4, -0.2) is 330 Å². The number of hydrogen-bond donors (Lipinski definition) is 6.